The molecule has 0 bridgehead atoms. The van der Waals surface area contributed by atoms with Gasteiger partial charge in [-0.15, -0.1) is 0 Å². The number of aryl methyl sites for hydroxylation is 1. The Bertz CT molecular complexity index is 635. The van der Waals surface area contributed by atoms with Gasteiger partial charge in [-0.2, -0.15) is 0 Å². The third-order valence-electron chi connectivity index (χ3n) is 3.18. The zero-order valence-electron chi connectivity index (χ0n) is 11.9. The Hall–Kier alpha value is -2.16. The summed E-state index contributed by atoms with van der Waals surface area (Å²) in [6.45, 7) is 5.96. The van der Waals surface area contributed by atoms with Crippen molar-refractivity contribution in [3.8, 4) is 0 Å². The average Bonchev–Trinajstić information content (AvgIpc) is 2.38. The molecular formula is C17H18FNO. The first-order chi connectivity index (χ1) is 9.47. The van der Waals surface area contributed by atoms with E-state index in [1.54, 1.807) is 19.1 Å². The lowest BCUT2D eigenvalue weighted by atomic mass is 10.0. The largest absolute Gasteiger partial charge is 0.322 e. The number of benzene rings is 2. The minimum Gasteiger partial charge on any atom is -0.322 e. The van der Waals surface area contributed by atoms with E-state index in [1.807, 2.05) is 18.2 Å². The van der Waals surface area contributed by atoms with Gasteiger partial charge in [-0.3, -0.25) is 4.79 Å². The Balaban J connectivity index is 2.21. The van der Waals surface area contributed by atoms with Crippen LogP contribution in [0.5, 0.6) is 0 Å². The molecule has 0 radical (unpaired) electrons. The van der Waals surface area contributed by atoms with Crippen LogP contribution < -0.4 is 5.32 Å². The maximum absolute atomic E-state index is 13.8. The van der Waals surface area contributed by atoms with E-state index in [1.165, 1.54) is 12.1 Å². The van der Waals surface area contributed by atoms with Crippen molar-refractivity contribution in [2.75, 3.05) is 5.32 Å². The second-order valence-electron chi connectivity index (χ2n) is 5.22. The van der Waals surface area contributed by atoms with Crippen molar-refractivity contribution in [3.05, 3.63) is 65.0 Å². The molecule has 0 heterocycles. The van der Waals surface area contributed by atoms with E-state index in [4.69, 9.17) is 0 Å². The van der Waals surface area contributed by atoms with E-state index in [9.17, 15) is 9.18 Å². The first-order valence-corrected chi connectivity index (χ1v) is 6.65. The van der Waals surface area contributed by atoms with Gasteiger partial charge in [-0.1, -0.05) is 32.0 Å². The number of carbonyl (C=O) groups is 1. The van der Waals surface area contributed by atoms with Crippen molar-refractivity contribution in [2.24, 2.45) is 0 Å². The molecule has 2 rings (SSSR count). The highest BCUT2D eigenvalue weighted by Gasteiger charge is 2.12. The van der Waals surface area contributed by atoms with Gasteiger partial charge >= 0.3 is 0 Å². The van der Waals surface area contributed by atoms with E-state index in [0.29, 0.717) is 11.6 Å². The summed E-state index contributed by atoms with van der Waals surface area (Å²) >= 11 is 0. The number of rotatable bonds is 3. The standard InChI is InChI=1S/C17H18FNO/c1-11(2)13-5-4-6-14(10-13)19-17(20)15-8-7-12(3)9-16(15)18/h4-11H,1-3H3,(H,19,20). The Morgan fingerprint density at radius 3 is 2.55 bits per heavy atom. The van der Waals surface area contributed by atoms with Crippen LogP contribution in [0.2, 0.25) is 0 Å². The number of nitrogens with one attached hydrogen (secondary N) is 1. The molecule has 0 aromatic heterocycles. The Morgan fingerprint density at radius 2 is 1.90 bits per heavy atom. The van der Waals surface area contributed by atoms with Crippen LogP contribution in [0, 0.1) is 12.7 Å². The zero-order chi connectivity index (χ0) is 14.7. The summed E-state index contributed by atoms with van der Waals surface area (Å²) in [5.74, 6) is -0.547. The topological polar surface area (TPSA) is 29.1 Å². The maximum Gasteiger partial charge on any atom is 0.258 e. The molecule has 0 fully saturated rings. The SMILES string of the molecule is Cc1ccc(C(=O)Nc2cccc(C(C)C)c2)c(F)c1. The summed E-state index contributed by atoms with van der Waals surface area (Å²) < 4.78 is 13.8. The first kappa shape index (κ1) is 14.3. The predicted molar refractivity (Wildman–Crippen MR) is 79.6 cm³/mol. The summed E-state index contributed by atoms with van der Waals surface area (Å²) in [4.78, 5) is 12.1. The average molecular weight is 271 g/mol. The zero-order valence-corrected chi connectivity index (χ0v) is 11.9. The maximum atomic E-state index is 13.8. The summed E-state index contributed by atoms with van der Waals surface area (Å²) in [5.41, 5.74) is 2.67. The number of hydrogen-bond donors (Lipinski definition) is 1. The summed E-state index contributed by atoms with van der Waals surface area (Å²) in [6, 6.07) is 12.2. The highest BCUT2D eigenvalue weighted by atomic mass is 19.1. The monoisotopic (exact) mass is 271 g/mol. The molecule has 2 aromatic carbocycles. The molecule has 1 amide bonds. The Kier molecular flexibility index (Phi) is 4.18. The molecule has 0 spiro atoms. The lowest BCUT2D eigenvalue weighted by Gasteiger charge is -2.10. The molecule has 0 unspecified atom stereocenters. The van der Waals surface area contributed by atoms with E-state index >= 15 is 0 Å². The van der Waals surface area contributed by atoms with Crippen LogP contribution in [0.25, 0.3) is 0 Å². The molecule has 2 nitrogen and oxygen atoms in total. The fraction of sp³-hybridized carbons (Fsp3) is 0.235. The smallest absolute Gasteiger partial charge is 0.258 e. The van der Waals surface area contributed by atoms with Gasteiger partial charge in [0, 0.05) is 5.69 Å². The van der Waals surface area contributed by atoms with E-state index < -0.39 is 11.7 Å². The van der Waals surface area contributed by atoms with Gasteiger partial charge in [-0.25, -0.2) is 4.39 Å². The molecule has 0 aliphatic carbocycles. The Morgan fingerprint density at radius 1 is 1.15 bits per heavy atom. The van der Waals surface area contributed by atoms with Crippen molar-refractivity contribution in [1.29, 1.82) is 0 Å². The third-order valence-corrected chi connectivity index (χ3v) is 3.18. The molecule has 0 atom stereocenters. The fourth-order valence-corrected chi connectivity index (χ4v) is 1.98. The van der Waals surface area contributed by atoms with Crippen LogP contribution >= 0.6 is 0 Å². The normalized spacial score (nSPS) is 10.7. The van der Waals surface area contributed by atoms with Crippen LogP contribution in [0.1, 0.15) is 41.3 Å². The van der Waals surface area contributed by atoms with Gasteiger partial charge in [0.15, 0.2) is 0 Å². The molecule has 20 heavy (non-hydrogen) atoms. The molecule has 0 saturated carbocycles. The van der Waals surface area contributed by atoms with Crippen molar-refractivity contribution >= 4 is 11.6 Å². The quantitative estimate of drug-likeness (QED) is 0.874. The fourth-order valence-electron chi connectivity index (χ4n) is 1.98. The predicted octanol–water partition coefficient (Wildman–Crippen LogP) is 4.51. The summed E-state index contributed by atoms with van der Waals surface area (Å²) in [6.07, 6.45) is 0. The molecule has 3 heteroatoms. The summed E-state index contributed by atoms with van der Waals surface area (Å²) in [7, 11) is 0. The molecule has 1 N–H and O–H groups in total. The van der Waals surface area contributed by atoms with Crippen LogP contribution in [0.3, 0.4) is 0 Å². The minimum absolute atomic E-state index is 0.0607. The van der Waals surface area contributed by atoms with Crippen LogP contribution in [-0.2, 0) is 0 Å². The number of anilines is 1. The first-order valence-electron chi connectivity index (χ1n) is 6.65. The number of carbonyl (C=O) groups excluding carboxylic acids is 1. The van der Waals surface area contributed by atoms with Gasteiger partial charge in [-0.05, 0) is 48.2 Å². The number of halogens is 1. The highest BCUT2D eigenvalue weighted by Crippen LogP contribution is 2.19. The molecular weight excluding hydrogens is 253 g/mol. The van der Waals surface area contributed by atoms with Gasteiger partial charge in [0.1, 0.15) is 5.82 Å². The lowest BCUT2D eigenvalue weighted by molar-refractivity contribution is 0.102. The van der Waals surface area contributed by atoms with Gasteiger partial charge in [0.25, 0.3) is 5.91 Å². The molecule has 0 aliphatic rings. The molecule has 104 valence electrons. The number of amides is 1. The van der Waals surface area contributed by atoms with Crippen molar-refractivity contribution in [1.82, 2.24) is 0 Å². The van der Waals surface area contributed by atoms with Gasteiger partial charge < -0.3 is 5.32 Å². The number of hydrogen-bond acceptors (Lipinski definition) is 1. The minimum atomic E-state index is -0.498. The van der Waals surface area contributed by atoms with Crippen LogP contribution in [0.4, 0.5) is 10.1 Å². The molecule has 0 aliphatic heterocycles. The van der Waals surface area contributed by atoms with E-state index in [-0.39, 0.29) is 5.56 Å². The Labute approximate surface area is 118 Å². The van der Waals surface area contributed by atoms with Crippen LogP contribution in [-0.4, -0.2) is 5.91 Å². The van der Waals surface area contributed by atoms with E-state index in [2.05, 4.69) is 19.2 Å². The summed E-state index contributed by atoms with van der Waals surface area (Å²) in [5, 5.41) is 2.73. The third kappa shape index (κ3) is 3.23. The van der Waals surface area contributed by atoms with Crippen LogP contribution in [0.15, 0.2) is 42.5 Å². The molecule has 0 saturated heterocycles. The second kappa shape index (κ2) is 5.87. The van der Waals surface area contributed by atoms with Crippen molar-refractivity contribution < 1.29 is 9.18 Å². The molecule has 2 aromatic rings. The van der Waals surface area contributed by atoms with Crippen molar-refractivity contribution in [3.63, 3.8) is 0 Å². The lowest BCUT2D eigenvalue weighted by Crippen LogP contribution is -2.14. The van der Waals surface area contributed by atoms with Gasteiger partial charge in [0.05, 0.1) is 5.56 Å². The van der Waals surface area contributed by atoms with Gasteiger partial charge in [0.2, 0.25) is 0 Å². The second-order valence-corrected chi connectivity index (χ2v) is 5.22. The van der Waals surface area contributed by atoms with E-state index in [0.717, 1.165) is 11.1 Å². The van der Waals surface area contributed by atoms with Crippen molar-refractivity contribution in [2.45, 2.75) is 26.7 Å². The highest BCUT2D eigenvalue weighted by molar-refractivity contribution is 6.04.